The molecule has 0 aromatic heterocycles. The fourth-order valence-electron chi connectivity index (χ4n) is 2.85. The van der Waals surface area contributed by atoms with Gasteiger partial charge in [0.2, 0.25) is 0 Å². The summed E-state index contributed by atoms with van der Waals surface area (Å²) in [5.41, 5.74) is 0. The number of rotatable bonds is 1. The molecule has 126 valence electrons. The molecule has 0 aromatic rings. The van der Waals surface area contributed by atoms with E-state index in [4.69, 9.17) is 4.74 Å². The molecule has 1 aliphatic rings. The van der Waals surface area contributed by atoms with Gasteiger partial charge in [0, 0.05) is 11.8 Å². The van der Waals surface area contributed by atoms with Crippen LogP contribution in [0.2, 0.25) is 0 Å². The Balaban J connectivity index is 3.11. The molecule has 2 N–H and O–H groups in total. The van der Waals surface area contributed by atoms with Crippen molar-refractivity contribution in [2.45, 2.75) is 59.4 Å². The molecule has 5 nitrogen and oxygen atoms in total. The predicted molar refractivity (Wildman–Crippen MR) is 83.0 cm³/mol. The Hall–Kier alpha value is -1.20. The van der Waals surface area contributed by atoms with Crippen LogP contribution in [-0.2, 0) is 14.3 Å². The Kier molecular flexibility index (Phi) is 6.75. The number of cyclic esters (lactones) is 1. The standard InChI is InChI=1S/C17H28O5/c1-9-6-7-14(19)10(2)8-11(3)15(20)12(4)17(21)22-16(9)13(5)18/h6-7,9-13,15-16,18,20H,8H2,1-5H3/b7-6+/t9-,10-,11+,12-,13-,15+,16+/m1/s1. The van der Waals surface area contributed by atoms with Gasteiger partial charge in [0.25, 0.3) is 0 Å². The fraction of sp³-hybridized carbons (Fsp3) is 0.765. The number of aliphatic hydroxyl groups excluding tert-OH is 2. The summed E-state index contributed by atoms with van der Waals surface area (Å²) in [7, 11) is 0. The van der Waals surface area contributed by atoms with E-state index in [0.717, 1.165) is 0 Å². The van der Waals surface area contributed by atoms with Gasteiger partial charge in [-0.1, -0.05) is 26.8 Å². The lowest BCUT2D eigenvalue weighted by Gasteiger charge is -2.30. The zero-order valence-electron chi connectivity index (χ0n) is 14.0. The van der Waals surface area contributed by atoms with Crippen LogP contribution in [0.25, 0.3) is 0 Å². The molecule has 0 radical (unpaired) electrons. The average Bonchev–Trinajstić information content (AvgIpc) is 2.46. The average molecular weight is 312 g/mol. The van der Waals surface area contributed by atoms with Gasteiger partial charge < -0.3 is 14.9 Å². The normalized spacial score (nSPS) is 41.0. The maximum Gasteiger partial charge on any atom is 0.311 e. The SMILES string of the molecule is C[C@@H]1C[C@H](C)[C@H](O)[C@@H](C)C(=O)O[C@H]([C@@H](C)O)[C@H](C)/C=C/C1=O. The lowest BCUT2D eigenvalue weighted by Crippen LogP contribution is -2.40. The highest BCUT2D eigenvalue weighted by molar-refractivity contribution is 5.91. The van der Waals surface area contributed by atoms with E-state index in [1.165, 1.54) is 6.08 Å². The molecule has 0 saturated heterocycles. The Morgan fingerprint density at radius 1 is 1.23 bits per heavy atom. The van der Waals surface area contributed by atoms with Gasteiger partial charge in [0.05, 0.1) is 18.1 Å². The number of esters is 1. The second-order valence-electron chi connectivity index (χ2n) is 6.66. The molecule has 0 amide bonds. The number of allylic oxidation sites excluding steroid dienone is 1. The van der Waals surface area contributed by atoms with E-state index in [9.17, 15) is 19.8 Å². The minimum Gasteiger partial charge on any atom is -0.459 e. The lowest BCUT2D eigenvalue weighted by atomic mass is 9.84. The molecule has 0 aliphatic carbocycles. The van der Waals surface area contributed by atoms with Crippen molar-refractivity contribution in [2.24, 2.45) is 23.7 Å². The second-order valence-corrected chi connectivity index (χ2v) is 6.66. The third-order valence-electron chi connectivity index (χ3n) is 4.49. The lowest BCUT2D eigenvalue weighted by molar-refractivity contribution is -0.166. The number of hydrogen-bond acceptors (Lipinski definition) is 5. The molecule has 0 fully saturated rings. The third-order valence-corrected chi connectivity index (χ3v) is 4.49. The highest BCUT2D eigenvalue weighted by Crippen LogP contribution is 2.25. The fourth-order valence-corrected chi connectivity index (χ4v) is 2.85. The monoisotopic (exact) mass is 312 g/mol. The summed E-state index contributed by atoms with van der Waals surface area (Å²) in [5, 5.41) is 20.1. The molecule has 1 aliphatic heterocycles. The van der Waals surface area contributed by atoms with Gasteiger partial charge in [-0.05, 0) is 32.3 Å². The molecule has 0 saturated carbocycles. The van der Waals surface area contributed by atoms with Gasteiger partial charge in [0.15, 0.2) is 5.78 Å². The molecule has 22 heavy (non-hydrogen) atoms. The first-order valence-electron chi connectivity index (χ1n) is 7.93. The van der Waals surface area contributed by atoms with Crippen LogP contribution in [0.4, 0.5) is 0 Å². The van der Waals surface area contributed by atoms with E-state index < -0.39 is 30.2 Å². The van der Waals surface area contributed by atoms with Crippen molar-refractivity contribution < 1.29 is 24.5 Å². The van der Waals surface area contributed by atoms with Crippen LogP contribution < -0.4 is 0 Å². The summed E-state index contributed by atoms with van der Waals surface area (Å²) in [5.74, 6) is -1.95. The summed E-state index contributed by atoms with van der Waals surface area (Å²) in [4.78, 5) is 24.3. The molecule has 0 unspecified atom stereocenters. The summed E-state index contributed by atoms with van der Waals surface area (Å²) >= 11 is 0. The Bertz CT molecular complexity index is 429. The van der Waals surface area contributed by atoms with Crippen molar-refractivity contribution in [1.82, 2.24) is 0 Å². The topological polar surface area (TPSA) is 83.8 Å². The molecule has 0 bridgehead atoms. The molecule has 1 heterocycles. The zero-order valence-corrected chi connectivity index (χ0v) is 14.0. The van der Waals surface area contributed by atoms with Crippen LogP contribution >= 0.6 is 0 Å². The number of carbonyl (C=O) groups is 2. The van der Waals surface area contributed by atoms with Crippen molar-refractivity contribution in [3.63, 3.8) is 0 Å². The van der Waals surface area contributed by atoms with Crippen LogP contribution in [0.5, 0.6) is 0 Å². The van der Waals surface area contributed by atoms with Crippen LogP contribution in [0.15, 0.2) is 12.2 Å². The Morgan fingerprint density at radius 3 is 2.36 bits per heavy atom. The number of ether oxygens (including phenoxy) is 1. The maximum absolute atomic E-state index is 12.2. The largest absolute Gasteiger partial charge is 0.459 e. The van der Waals surface area contributed by atoms with E-state index in [2.05, 4.69) is 0 Å². The van der Waals surface area contributed by atoms with E-state index in [-0.39, 0.29) is 23.5 Å². The number of hydrogen-bond donors (Lipinski definition) is 2. The predicted octanol–water partition coefficient (Wildman–Crippen LogP) is 1.71. The minimum atomic E-state index is -0.879. The second kappa shape index (κ2) is 7.88. The van der Waals surface area contributed by atoms with Crippen LogP contribution in [0.1, 0.15) is 41.0 Å². The number of aliphatic hydroxyl groups is 2. The molecule has 0 aromatic carbocycles. The van der Waals surface area contributed by atoms with Gasteiger partial charge in [-0.25, -0.2) is 0 Å². The maximum atomic E-state index is 12.2. The van der Waals surface area contributed by atoms with E-state index >= 15 is 0 Å². The van der Waals surface area contributed by atoms with Gasteiger partial charge in [0.1, 0.15) is 6.10 Å². The van der Waals surface area contributed by atoms with Crippen molar-refractivity contribution in [3.05, 3.63) is 12.2 Å². The highest BCUT2D eigenvalue weighted by atomic mass is 16.6. The van der Waals surface area contributed by atoms with E-state index in [0.29, 0.717) is 6.42 Å². The number of ketones is 1. The van der Waals surface area contributed by atoms with E-state index in [1.807, 2.05) is 13.8 Å². The van der Waals surface area contributed by atoms with Gasteiger partial charge >= 0.3 is 5.97 Å². The summed E-state index contributed by atoms with van der Waals surface area (Å²) in [6.45, 7) is 8.59. The molecule has 1 rings (SSSR count). The highest BCUT2D eigenvalue weighted by Gasteiger charge is 2.34. The van der Waals surface area contributed by atoms with Crippen molar-refractivity contribution in [2.75, 3.05) is 0 Å². The van der Waals surface area contributed by atoms with Crippen LogP contribution in [0, 0.1) is 23.7 Å². The Labute approximate surface area is 132 Å². The van der Waals surface area contributed by atoms with Crippen molar-refractivity contribution in [1.29, 1.82) is 0 Å². The van der Waals surface area contributed by atoms with Gasteiger partial charge in [-0.15, -0.1) is 0 Å². The van der Waals surface area contributed by atoms with Crippen LogP contribution in [-0.4, -0.2) is 40.3 Å². The molecular weight excluding hydrogens is 284 g/mol. The van der Waals surface area contributed by atoms with Crippen LogP contribution in [0.3, 0.4) is 0 Å². The Morgan fingerprint density at radius 2 is 1.82 bits per heavy atom. The van der Waals surface area contributed by atoms with Crippen molar-refractivity contribution in [3.8, 4) is 0 Å². The summed E-state index contributed by atoms with van der Waals surface area (Å²) in [6, 6.07) is 0. The first kappa shape index (κ1) is 18.8. The summed E-state index contributed by atoms with van der Waals surface area (Å²) in [6.07, 6.45) is 1.20. The quantitative estimate of drug-likeness (QED) is 0.720. The summed E-state index contributed by atoms with van der Waals surface area (Å²) < 4.78 is 5.38. The molecular formula is C17H28O5. The first-order valence-corrected chi connectivity index (χ1v) is 7.93. The molecule has 0 spiro atoms. The molecule has 7 atom stereocenters. The zero-order chi connectivity index (χ0) is 17.0. The van der Waals surface area contributed by atoms with Gasteiger partial charge in [-0.2, -0.15) is 0 Å². The third kappa shape index (κ3) is 4.65. The van der Waals surface area contributed by atoms with Crippen molar-refractivity contribution >= 4 is 11.8 Å². The van der Waals surface area contributed by atoms with E-state index in [1.54, 1.807) is 26.8 Å². The number of carbonyl (C=O) groups excluding carboxylic acids is 2. The smallest absolute Gasteiger partial charge is 0.311 e. The minimum absolute atomic E-state index is 0.0187. The molecule has 5 heteroatoms. The van der Waals surface area contributed by atoms with Gasteiger partial charge in [-0.3, -0.25) is 9.59 Å². The first-order chi connectivity index (χ1) is 10.1.